The minimum atomic E-state index is -0.314. The fraction of sp³-hybridized carbons (Fsp3) is 0.432. The number of hydrogen-bond acceptors (Lipinski definition) is 11. The molecule has 0 radical (unpaired) electrons. The summed E-state index contributed by atoms with van der Waals surface area (Å²) in [5.41, 5.74) is 13.6. The van der Waals surface area contributed by atoms with Gasteiger partial charge in [-0.1, -0.05) is 156 Å². The number of ether oxygens (including phenoxy) is 4. The van der Waals surface area contributed by atoms with E-state index in [1.807, 2.05) is 0 Å². The van der Waals surface area contributed by atoms with Crippen molar-refractivity contribution in [3.63, 3.8) is 0 Å². The molecule has 0 N–H and O–H groups in total. The summed E-state index contributed by atoms with van der Waals surface area (Å²) in [6, 6.07) is 51.6. The average Bonchev–Trinajstić information content (AvgIpc) is 1.76. The van der Waals surface area contributed by atoms with Crippen LogP contribution in [-0.2, 0) is 0 Å². The van der Waals surface area contributed by atoms with Crippen LogP contribution in [0, 0.1) is 0 Å². The van der Waals surface area contributed by atoms with Crippen molar-refractivity contribution in [3.05, 3.63) is 146 Å². The van der Waals surface area contributed by atoms with Crippen LogP contribution >= 0.6 is 11.7 Å². The maximum atomic E-state index is 6.24. The number of unbranched alkanes of at least 4 members (excludes halogenated alkanes) is 20. The van der Waals surface area contributed by atoms with Crippen LogP contribution in [0.2, 0.25) is 0 Å². The molecule has 0 unspecified atom stereocenters. The zero-order chi connectivity index (χ0) is 59.4. The summed E-state index contributed by atoms with van der Waals surface area (Å²) in [7, 11) is 0. The van der Waals surface area contributed by atoms with Crippen LogP contribution in [0.4, 0.5) is 45.5 Å². The van der Waals surface area contributed by atoms with Crippen LogP contribution in [0.1, 0.15) is 182 Å². The molecule has 1 aliphatic rings. The topological polar surface area (TPSA) is 93.9 Å². The molecule has 0 fully saturated rings. The molecule has 9 rings (SSSR count). The van der Waals surface area contributed by atoms with Crippen molar-refractivity contribution in [2.45, 2.75) is 182 Å². The van der Waals surface area contributed by atoms with E-state index in [0.717, 1.165) is 154 Å². The summed E-state index contributed by atoms with van der Waals surface area (Å²) in [4.78, 5) is 4.59. The van der Waals surface area contributed by atoms with Gasteiger partial charge in [0.15, 0.2) is 0 Å². The van der Waals surface area contributed by atoms with Crippen molar-refractivity contribution in [2.75, 3.05) is 36.2 Å². The Labute approximate surface area is 524 Å². The van der Waals surface area contributed by atoms with E-state index >= 15 is 0 Å². The van der Waals surface area contributed by atoms with E-state index in [9.17, 15) is 0 Å². The Hall–Kier alpha value is -6.72. The molecule has 0 atom stereocenters. The molecule has 1 aromatic heterocycles. The Kier molecular flexibility index (Phi) is 26.1. The number of nitrogens with zero attached hydrogens (tertiary/aromatic N) is 6. The first-order valence-electron chi connectivity index (χ1n) is 32.7. The first kappa shape index (κ1) is 63.8. The van der Waals surface area contributed by atoms with Gasteiger partial charge in [0.05, 0.1) is 26.4 Å². The van der Waals surface area contributed by atoms with Crippen molar-refractivity contribution in [3.8, 4) is 45.3 Å². The van der Waals surface area contributed by atoms with E-state index in [2.05, 4.69) is 183 Å². The van der Waals surface area contributed by atoms with Gasteiger partial charge in [0.1, 0.15) is 0 Å². The van der Waals surface area contributed by atoms with Crippen LogP contribution in [0.3, 0.4) is 0 Å². The van der Waals surface area contributed by atoms with Crippen LogP contribution < -0.4 is 28.7 Å². The number of fused-ring (bicyclic) bond motifs is 2. The third-order valence-corrected chi connectivity index (χ3v) is 17.8. The van der Waals surface area contributed by atoms with Gasteiger partial charge in [-0.25, -0.2) is 0 Å². The molecular formula is C74H92N6O4SSe. The summed E-state index contributed by atoms with van der Waals surface area (Å²) in [5.74, 6) is 3.55. The van der Waals surface area contributed by atoms with Gasteiger partial charge < -0.3 is 18.9 Å². The molecule has 0 spiro atoms. The summed E-state index contributed by atoms with van der Waals surface area (Å²) < 4.78 is 45.2. The molecule has 0 bridgehead atoms. The molecule has 8 aromatic rings. The van der Waals surface area contributed by atoms with Gasteiger partial charge in [0.25, 0.3) is 0 Å². The van der Waals surface area contributed by atoms with Gasteiger partial charge in [0.2, 0.25) is 0 Å². The SMILES string of the molecule is CCCCCCCCOc1ccc(N(c2ccc(OCCCCCCCC)cc2)c2ccc(-c3c4c(c(-c5ccc(N(c6ccc(OCCCCCCCC)cc6)c6ccc(OCCCCCCCC)cc6)cc5)c5nsnc35)N=[Se]=N4)cc2)cc1. The first-order chi connectivity index (χ1) is 42.6. The Morgan fingerprint density at radius 3 is 0.791 bits per heavy atom. The van der Waals surface area contributed by atoms with Gasteiger partial charge in [0, 0.05) is 0 Å². The fourth-order valence-corrected chi connectivity index (χ4v) is 13.0. The molecule has 10 nitrogen and oxygen atoms in total. The van der Waals surface area contributed by atoms with Gasteiger partial charge in [-0.3, -0.25) is 0 Å². The molecule has 2 heterocycles. The van der Waals surface area contributed by atoms with Gasteiger partial charge in [-0.05, 0) is 25.7 Å². The number of aromatic nitrogens is 2. The number of benzene rings is 7. The molecule has 0 aliphatic carbocycles. The predicted octanol–water partition coefficient (Wildman–Crippen LogP) is 23.3. The molecule has 7 aromatic carbocycles. The summed E-state index contributed by atoms with van der Waals surface area (Å²) in [6.45, 7) is 12.0. The minimum absolute atomic E-state index is 0.314. The van der Waals surface area contributed by atoms with Gasteiger partial charge in [-0.2, -0.15) is 0 Å². The van der Waals surface area contributed by atoms with Gasteiger partial charge >= 0.3 is 300 Å². The zero-order valence-corrected chi connectivity index (χ0v) is 54.3. The molecule has 1 aliphatic heterocycles. The zero-order valence-electron chi connectivity index (χ0n) is 51.8. The van der Waals surface area contributed by atoms with Crippen LogP contribution in [-0.4, -0.2) is 49.7 Å². The average molecular weight is 1240 g/mol. The second-order valence-corrected chi connectivity index (χ2v) is 24.5. The van der Waals surface area contributed by atoms with E-state index in [-0.39, 0.29) is 14.6 Å². The fourth-order valence-electron chi connectivity index (χ4n) is 11.3. The first-order valence-corrected chi connectivity index (χ1v) is 35.0. The Morgan fingerprint density at radius 1 is 0.302 bits per heavy atom. The van der Waals surface area contributed by atoms with E-state index in [1.54, 1.807) is 0 Å². The van der Waals surface area contributed by atoms with Crippen molar-refractivity contribution < 1.29 is 18.9 Å². The molecule has 0 saturated heterocycles. The molecule has 454 valence electrons. The molecule has 0 amide bonds. The third-order valence-electron chi connectivity index (χ3n) is 16.2. The number of rotatable bonds is 40. The van der Waals surface area contributed by atoms with Crippen molar-refractivity contribution in [1.29, 1.82) is 0 Å². The monoisotopic (exact) mass is 1240 g/mol. The Balaban J connectivity index is 0.958. The third kappa shape index (κ3) is 18.2. The maximum absolute atomic E-state index is 6.24. The van der Waals surface area contributed by atoms with E-state index in [0.29, 0.717) is 0 Å². The Bertz CT molecular complexity index is 2970. The quantitative estimate of drug-likeness (QED) is 0.0277. The normalized spacial score (nSPS) is 11.7. The summed E-state index contributed by atoms with van der Waals surface area (Å²) >= 11 is 0.922. The van der Waals surface area contributed by atoms with E-state index < -0.39 is 0 Å². The second kappa shape index (κ2) is 35.2. The van der Waals surface area contributed by atoms with E-state index in [4.69, 9.17) is 35.6 Å². The van der Waals surface area contributed by atoms with Crippen molar-refractivity contribution in [1.82, 2.24) is 8.75 Å². The van der Waals surface area contributed by atoms with Crippen molar-refractivity contribution >= 4 is 82.8 Å². The molecule has 0 saturated carbocycles. The summed E-state index contributed by atoms with van der Waals surface area (Å²) in [6.07, 6.45) is 29.6. The van der Waals surface area contributed by atoms with Crippen molar-refractivity contribution in [2.24, 2.45) is 7.92 Å². The second-order valence-electron chi connectivity index (χ2n) is 22.9. The molecule has 12 heteroatoms. The predicted molar refractivity (Wildman–Crippen MR) is 363 cm³/mol. The van der Waals surface area contributed by atoms with Crippen LogP contribution in [0.15, 0.2) is 154 Å². The number of hydrogen-bond donors (Lipinski definition) is 0. The summed E-state index contributed by atoms with van der Waals surface area (Å²) in [5, 5.41) is 0. The van der Waals surface area contributed by atoms with Crippen LogP contribution in [0.5, 0.6) is 23.0 Å². The van der Waals surface area contributed by atoms with Gasteiger partial charge in [-0.15, -0.1) is 0 Å². The molecular weight excluding hydrogens is 1150 g/mol. The standard InChI is InChI=1S/C74H92N6O4SSe/c1-5-9-13-17-21-25-53-81-65-45-37-61(38-46-65)79(62-39-47-66(48-40-62)82-54-26-22-18-14-10-6-2)59-33-29-57(30-34-59)69-71-72(76-85-75-71)70(74-73(69)77-86-78-74)58-31-35-60(36-32-58)80(63-41-49-67(50-42-63)83-55-27-23-19-15-11-7-3)64-43-51-68(52-44-64)84-56-28-24-20-16-12-8-4/h29-52H,5-28,53-56H2,1-4H3. The van der Waals surface area contributed by atoms with E-state index in [1.165, 1.54) is 140 Å². The number of anilines is 6. The Morgan fingerprint density at radius 2 is 0.535 bits per heavy atom. The van der Waals surface area contributed by atoms with Crippen LogP contribution in [0.25, 0.3) is 33.3 Å². The molecule has 86 heavy (non-hydrogen) atoms.